The van der Waals surface area contributed by atoms with E-state index in [1.165, 1.54) is 18.2 Å². The van der Waals surface area contributed by atoms with Gasteiger partial charge in [-0.25, -0.2) is 4.79 Å². The maximum atomic E-state index is 11.1. The van der Waals surface area contributed by atoms with E-state index < -0.39 is 0 Å². The van der Waals surface area contributed by atoms with E-state index in [1.807, 2.05) is 6.07 Å². The zero-order valence-corrected chi connectivity index (χ0v) is 12.9. The lowest BCUT2D eigenvalue weighted by Crippen LogP contribution is -2.39. The topological polar surface area (TPSA) is 59.6 Å². The maximum Gasteiger partial charge on any atom is 0.332 e. The lowest BCUT2D eigenvalue weighted by Gasteiger charge is -2.17. The van der Waals surface area contributed by atoms with Crippen LogP contribution in [-0.2, 0) is 20.7 Å². The lowest BCUT2D eigenvalue weighted by atomic mass is 10.1. The number of rotatable bonds is 6. The molecule has 1 aliphatic rings. The van der Waals surface area contributed by atoms with E-state index in [2.05, 4.69) is 33.6 Å². The van der Waals surface area contributed by atoms with Crippen LogP contribution in [0.4, 0.5) is 0 Å². The summed E-state index contributed by atoms with van der Waals surface area (Å²) in [5.74, 6) is -0.372. The monoisotopic (exact) mass is 308 g/mol. The molecule has 114 valence electrons. The third kappa shape index (κ3) is 4.68. The van der Waals surface area contributed by atoms with Crippen LogP contribution < -0.4 is 10.6 Å². The van der Waals surface area contributed by atoms with Crippen molar-refractivity contribution in [3.63, 3.8) is 0 Å². The Morgan fingerprint density at radius 1 is 1.43 bits per heavy atom. The molecule has 0 spiro atoms. The van der Waals surface area contributed by atoms with E-state index in [-0.39, 0.29) is 25.2 Å². The lowest BCUT2D eigenvalue weighted by molar-refractivity contribution is -0.147. The summed E-state index contributed by atoms with van der Waals surface area (Å²) < 4.78 is 9.62. The average molecular weight is 308 g/mol. The number of hydrogen-bond donors (Lipinski definition) is 2. The molecule has 0 fully saturated rings. The summed E-state index contributed by atoms with van der Waals surface area (Å²) in [5, 5.41) is 6.93. The highest BCUT2D eigenvalue weighted by atomic mass is 32.1. The van der Waals surface area contributed by atoms with E-state index in [0.29, 0.717) is 11.7 Å². The van der Waals surface area contributed by atoms with Crippen LogP contribution >= 0.6 is 12.2 Å². The van der Waals surface area contributed by atoms with Crippen molar-refractivity contribution in [1.29, 1.82) is 0 Å². The van der Waals surface area contributed by atoms with Gasteiger partial charge in [0, 0.05) is 7.11 Å². The summed E-state index contributed by atoms with van der Waals surface area (Å²) >= 11 is 5.26. The van der Waals surface area contributed by atoms with E-state index >= 15 is 0 Å². The molecule has 0 radical (unpaired) electrons. The van der Waals surface area contributed by atoms with Gasteiger partial charge >= 0.3 is 5.97 Å². The maximum absolute atomic E-state index is 11.1. The minimum Gasteiger partial charge on any atom is -0.462 e. The number of aryl methyl sites for hydroxylation is 1. The molecule has 0 amide bonds. The number of carbonyl (C=O) groups is 1. The summed E-state index contributed by atoms with van der Waals surface area (Å²) in [6, 6.07) is 8.66. The van der Waals surface area contributed by atoms with Crippen LogP contribution in [0.15, 0.2) is 24.3 Å². The molecule has 1 aliphatic carbocycles. The Morgan fingerprint density at radius 3 is 3.05 bits per heavy atom. The first-order valence-electron chi connectivity index (χ1n) is 6.97. The van der Waals surface area contributed by atoms with Crippen molar-refractivity contribution in [3.05, 3.63) is 35.4 Å². The first-order valence-corrected chi connectivity index (χ1v) is 7.38. The van der Waals surface area contributed by atoms with Gasteiger partial charge in [-0.2, -0.15) is 0 Å². The highest BCUT2D eigenvalue weighted by Gasteiger charge is 2.22. The van der Waals surface area contributed by atoms with Gasteiger partial charge in [0.2, 0.25) is 0 Å². The molecule has 6 heteroatoms. The van der Waals surface area contributed by atoms with Gasteiger partial charge in [0.15, 0.2) is 5.11 Å². The molecule has 0 heterocycles. The van der Waals surface area contributed by atoms with Crippen molar-refractivity contribution in [2.45, 2.75) is 18.9 Å². The zero-order chi connectivity index (χ0) is 15.1. The number of methoxy groups -OCH3 is 1. The quantitative estimate of drug-likeness (QED) is 0.470. The fourth-order valence-electron chi connectivity index (χ4n) is 2.41. The summed E-state index contributed by atoms with van der Waals surface area (Å²) in [6.07, 6.45) is 2.12. The largest absolute Gasteiger partial charge is 0.462 e. The first-order chi connectivity index (χ1) is 10.2. The van der Waals surface area contributed by atoms with Gasteiger partial charge in [-0.3, -0.25) is 0 Å². The van der Waals surface area contributed by atoms with E-state index in [0.717, 1.165) is 12.8 Å². The number of esters is 1. The van der Waals surface area contributed by atoms with E-state index in [4.69, 9.17) is 17.0 Å². The van der Waals surface area contributed by atoms with Crippen LogP contribution in [0.25, 0.3) is 0 Å². The molecule has 5 nitrogen and oxygen atoms in total. The SMILES string of the molecule is COCC(=O)OCCNC(=S)NC1CCc2ccccc21. The molecular weight excluding hydrogens is 288 g/mol. The van der Waals surface area contributed by atoms with E-state index in [9.17, 15) is 4.79 Å². The Bertz CT molecular complexity index is 507. The minimum atomic E-state index is -0.372. The van der Waals surface area contributed by atoms with E-state index in [1.54, 1.807) is 0 Å². The van der Waals surface area contributed by atoms with Gasteiger partial charge in [-0.1, -0.05) is 24.3 Å². The van der Waals surface area contributed by atoms with Crippen molar-refractivity contribution in [2.24, 2.45) is 0 Å². The van der Waals surface area contributed by atoms with Gasteiger partial charge in [-0.15, -0.1) is 0 Å². The third-order valence-electron chi connectivity index (χ3n) is 3.35. The molecule has 1 atom stereocenters. The second-order valence-electron chi connectivity index (χ2n) is 4.84. The fraction of sp³-hybridized carbons (Fsp3) is 0.467. The van der Waals surface area contributed by atoms with Gasteiger partial charge in [-0.05, 0) is 36.2 Å². The molecule has 1 unspecified atom stereocenters. The van der Waals surface area contributed by atoms with Crippen LogP contribution in [0.2, 0.25) is 0 Å². The number of hydrogen-bond acceptors (Lipinski definition) is 4. The van der Waals surface area contributed by atoms with Crippen molar-refractivity contribution in [3.8, 4) is 0 Å². The van der Waals surface area contributed by atoms with Crippen molar-refractivity contribution >= 4 is 23.3 Å². The van der Waals surface area contributed by atoms with Crippen molar-refractivity contribution in [1.82, 2.24) is 10.6 Å². The van der Waals surface area contributed by atoms with Crippen LogP contribution in [0.3, 0.4) is 0 Å². The summed E-state index contributed by atoms with van der Waals surface area (Å²) in [6.45, 7) is 0.725. The molecule has 21 heavy (non-hydrogen) atoms. The Morgan fingerprint density at radius 2 is 2.24 bits per heavy atom. The van der Waals surface area contributed by atoms with Gasteiger partial charge < -0.3 is 20.1 Å². The number of fused-ring (bicyclic) bond motifs is 1. The minimum absolute atomic E-state index is 0.0262. The molecule has 0 saturated carbocycles. The fourth-order valence-corrected chi connectivity index (χ4v) is 2.65. The second-order valence-corrected chi connectivity index (χ2v) is 5.25. The van der Waals surface area contributed by atoms with Gasteiger partial charge in [0.25, 0.3) is 0 Å². The normalized spacial score (nSPS) is 16.1. The number of nitrogens with one attached hydrogen (secondary N) is 2. The Balaban J connectivity index is 1.68. The first kappa shape index (κ1) is 15.7. The predicted octanol–water partition coefficient (Wildman–Crippen LogP) is 1.33. The number of benzene rings is 1. The highest BCUT2D eigenvalue weighted by Crippen LogP contribution is 2.30. The Labute approximate surface area is 130 Å². The highest BCUT2D eigenvalue weighted by molar-refractivity contribution is 7.80. The Hall–Kier alpha value is -1.66. The molecule has 0 aromatic heterocycles. The van der Waals surface area contributed by atoms with Gasteiger partial charge in [0.05, 0.1) is 12.6 Å². The van der Waals surface area contributed by atoms with Crippen LogP contribution in [0, 0.1) is 0 Å². The zero-order valence-electron chi connectivity index (χ0n) is 12.1. The second kappa shape index (κ2) is 7.95. The molecule has 1 aromatic rings. The molecule has 0 saturated heterocycles. The van der Waals surface area contributed by atoms with Crippen LogP contribution in [0.1, 0.15) is 23.6 Å². The molecule has 2 N–H and O–H groups in total. The molecule has 0 aliphatic heterocycles. The van der Waals surface area contributed by atoms with Crippen LogP contribution in [0.5, 0.6) is 0 Å². The van der Waals surface area contributed by atoms with Crippen LogP contribution in [-0.4, -0.2) is 38.0 Å². The van der Waals surface area contributed by atoms with Gasteiger partial charge in [0.1, 0.15) is 13.2 Å². The molecule has 2 rings (SSSR count). The molecular formula is C15H20N2O3S. The summed E-state index contributed by atoms with van der Waals surface area (Å²) in [7, 11) is 1.46. The summed E-state index contributed by atoms with van der Waals surface area (Å²) in [4.78, 5) is 11.1. The third-order valence-corrected chi connectivity index (χ3v) is 3.61. The van der Waals surface area contributed by atoms with Crippen molar-refractivity contribution < 1.29 is 14.3 Å². The molecule has 0 bridgehead atoms. The number of carbonyl (C=O) groups excluding carboxylic acids is 1. The number of ether oxygens (including phenoxy) is 2. The standard InChI is InChI=1S/C15H20N2O3S/c1-19-10-14(18)20-9-8-16-15(21)17-13-7-6-11-4-2-3-5-12(11)13/h2-5,13H,6-10H2,1H3,(H2,16,17,21). The summed E-state index contributed by atoms with van der Waals surface area (Å²) in [5.41, 5.74) is 2.69. The van der Waals surface area contributed by atoms with Crippen molar-refractivity contribution in [2.75, 3.05) is 26.9 Å². The number of thiocarbonyl (C=S) groups is 1. The predicted molar refractivity (Wildman–Crippen MR) is 84.1 cm³/mol. The Kier molecular flexibility index (Phi) is 5.95. The average Bonchev–Trinajstić information content (AvgIpc) is 2.87. The molecule has 1 aromatic carbocycles. The smallest absolute Gasteiger partial charge is 0.332 e.